The number of nitrogens with zero attached hydrogens (tertiary/aromatic N) is 2. The highest BCUT2D eigenvalue weighted by molar-refractivity contribution is 6.70. The van der Waals surface area contributed by atoms with Gasteiger partial charge in [0.25, 0.3) is 0 Å². The summed E-state index contributed by atoms with van der Waals surface area (Å²) in [5.41, 5.74) is 9.07. The maximum atomic E-state index is 8.29. The van der Waals surface area contributed by atoms with Crippen LogP contribution in [0.4, 0.5) is 11.4 Å². The van der Waals surface area contributed by atoms with E-state index in [-0.39, 0.29) is 5.90 Å². The molecule has 7 heteroatoms. The fraction of sp³-hybridized carbons (Fsp3) is 0.0455. The van der Waals surface area contributed by atoms with Crippen LogP contribution in [0, 0.1) is 5.41 Å². The Morgan fingerprint density at radius 3 is 1.93 bits per heavy atom. The molecule has 1 fully saturated rings. The number of hydrogen-bond acceptors (Lipinski definition) is 6. The van der Waals surface area contributed by atoms with Crippen LogP contribution in [-0.2, 0) is 4.74 Å². The highest BCUT2D eigenvalue weighted by Gasteiger charge is 2.38. The molecule has 1 heterocycles. The summed E-state index contributed by atoms with van der Waals surface area (Å²) in [6.45, 7) is 0. The van der Waals surface area contributed by atoms with E-state index in [2.05, 4.69) is 21.1 Å². The number of ether oxygens (including phenoxy) is 1. The lowest BCUT2D eigenvalue weighted by Crippen LogP contribution is -2.19. The van der Waals surface area contributed by atoms with Crippen molar-refractivity contribution < 1.29 is 4.74 Å². The standard InChI is InChI=1S/C22H18ClN5O/c23-18-14-8-7-13-17(18)21-19(27-25-15-9-3-1-4-10-15)20(22(24)29-21)28-26-16-11-5-2-6-12-16/h1-14,21,24-26H/b24-22?,27-19?,28-20+/t21-/m0/s1. The zero-order chi connectivity index (χ0) is 20.1. The second-order valence-corrected chi connectivity index (χ2v) is 6.67. The second kappa shape index (κ2) is 8.58. The van der Waals surface area contributed by atoms with Gasteiger partial charge in [0.1, 0.15) is 5.71 Å². The molecular weight excluding hydrogens is 386 g/mol. The molecule has 1 aliphatic rings. The number of benzene rings is 3. The third kappa shape index (κ3) is 4.28. The van der Waals surface area contributed by atoms with Crippen molar-refractivity contribution in [2.24, 2.45) is 10.2 Å². The maximum absolute atomic E-state index is 8.29. The molecule has 0 aliphatic carbocycles. The normalized spacial score (nSPS) is 18.7. The van der Waals surface area contributed by atoms with E-state index in [9.17, 15) is 0 Å². The first kappa shape index (κ1) is 18.7. The van der Waals surface area contributed by atoms with Gasteiger partial charge in [-0.15, -0.1) is 0 Å². The molecule has 0 aromatic heterocycles. The summed E-state index contributed by atoms with van der Waals surface area (Å²) in [6, 6.07) is 26.4. The monoisotopic (exact) mass is 403 g/mol. The van der Waals surface area contributed by atoms with Crippen molar-refractivity contribution in [2.75, 3.05) is 10.9 Å². The number of anilines is 2. The number of nitrogens with one attached hydrogen (secondary N) is 3. The van der Waals surface area contributed by atoms with E-state index in [1.165, 1.54) is 0 Å². The van der Waals surface area contributed by atoms with Crippen LogP contribution in [0.1, 0.15) is 11.7 Å². The zero-order valence-corrected chi connectivity index (χ0v) is 16.1. The van der Waals surface area contributed by atoms with Gasteiger partial charge in [-0.2, -0.15) is 10.2 Å². The fourth-order valence-corrected chi connectivity index (χ4v) is 3.09. The molecule has 0 saturated carbocycles. The number of hydrogen-bond donors (Lipinski definition) is 3. The summed E-state index contributed by atoms with van der Waals surface area (Å²) < 4.78 is 5.79. The van der Waals surface area contributed by atoms with Crippen LogP contribution in [-0.4, -0.2) is 17.3 Å². The fourth-order valence-electron chi connectivity index (χ4n) is 2.86. The van der Waals surface area contributed by atoms with Crippen molar-refractivity contribution in [1.82, 2.24) is 0 Å². The molecule has 0 radical (unpaired) electrons. The first-order valence-corrected chi connectivity index (χ1v) is 9.38. The largest absolute Gasteiger partial charge is 0.461 e. The molecule has 144 valence electrons. The van der Waals surface area contributed by atoms with Crippen LogP contribution in [0.2, 0.25) is 5.02 Å². The summed E-state index contributed by atoms with van der Waals surface area (Å²) >= 11 is 6.37. The number of rotatable bonds is 5. The number of para-hydroxylation sites is 2. The lowest BCUT2D eigenvalue weighted by Gasteiger charge is -2.12. The van der Waals surface area contributed by atoms with E-state index < -0.39 is 6.10 Å². The van der Waals surface area contributed by atoms with Gasteiger partial charge in [0.2, 0.25) is 5.90 Å². The van der Waals surface area contributed by atoms with Crippen molar-refractivity contribution in [3.05, 3.63) is 95.5 Å². The molecule has 0 bridgehead atoms. The van der Waals surface area contributed by atoms with Crippen LogP contribution in [0.15, 0.2) is 95.1 Å². The minimum absolute atomic E-state index is 0.0769. The van der Waals surface area contributed by atoms with E-state index >= 15 is 0 Å². The van der Waals surface area contributed by atoms with Gasteiger partial charge in [-0.1, -0.05) is 66.2 Å². The van der Waals surface area contributed by atoms with Gasteiger partial charge < -0.3 is 4.74 Å². The summed E-state index contributed by atoms with van der Waals surface area (Å²) in [4.78, 5) is 0. The third-order valence-corrected chi connectivity index (χ3v) is 4.62. The molecule has 1 saturated heterocycles. The van der Waals surface area contributed by atoms with Crippen LogP contribution < -0.4 is 10.9 Å². The van der Waals surface area contributed by atoms with Crippen LogP contribution in [0.5, 0.6) is 0 Å². The van der Waals surface area contributed by atoms with Gasteiger partial charge in [0, 0.05) is 10.6 Å². The Morgan fingerprint density at radius 2 is 1.31 bits per heavy atom. The SMILES string of the molecule is N=C1O[C@@H](c2ccccc2Cl)C(=NNc2ccccc2)/C1=N\Nc1ccccc1. The average molecular weight is 404 g/mol. The highest BCUT2D eigenvalue weighted by Crippen LogP contribution is 2.32. The van der Waals surface area contributed by atoms with E-state index in [0.717, 1.165) is 16.9 Å². The van der Waals surface area contributed by atoms with E-state index in [1.54, 1.807) is 6.07 Å². The van der Waals surface area contributed by atoms with Gasteiger partial charge in [-0.3, -0.25) is 16.3 Å². The Balaban J connectivity index is 1.70. The minimum Gasteiger partial charge on any atom is -0.461 e. The molecule has 1 atom stereocenters. The van der Waals surface area contributed by atoms with Crippen molar-refractivity contribution in [3.8, 4) is 0 Å². The highest BCUT2D eigenvalue weighted by atomic mass is 35.5. The third-order valence-electron chi connectivity index (χ3n) is 4.28. The van der Waals surface area contributed by atoms with Crippen molar-refractivity contribution in [3.63, 3.8) is 0 Å². The first-order chi connectivity index (χ1) is 14.2. The van der Waals surface area contributed by atoms with Gasteiger partial charge in [0.15, 0.2) is 11.8 Å². The summed E-state index contributed by atoms with van der Waals surface area (Å²) in [6.07, 6.45) is -0.635. The lowest BCUT2D eigenvalue weighted by molar-refractivity contribution is 0.275. The Bertz CT molecular complexity index is 1070. The van der Waals surface area contributed by atoms with Gasteiger partial charge in [-0.25, -0.2) is 0 Å². The zero-order valence-electron chi connectivity index (χ0n) is 15.3. The van der Waals surface area contributed by atoms with Crippen LogP contribution >= 0.6 is 11.6 Å². The quantitative estimate of drug-likeness (QED) is 0.504. The molecule has 3 aromatic carbocycles. The summed E-state index contributed by atoms with van der Waals surface area (Å²) in [5.74, 6) is -0.0769. The lowest BCUT2D eigenvalue weighted by atomic mass is 10.0. The van der Waals surface area contributed by atoms with Crippen molar-refractivity contribution in [2.45, 2.75) is 6.10 Å². The predicted octanol–water partition coefficient (Wildman–Crippen LogP) is 5.32. The molecule has 6 nitrogen and oxygen atoms in total. The topological polar surface area (TPSA) is 81.9 Å². The van der Waals surface area contributed by atoms with E-state index in [1.807, 2.05) is 78.9 Å². The minimum atomic E-state index is -0.635. The molecule has 29 heavy (non-hydrogen) atoms. The van der Waals surface area contributed by atoms with Crippen LogP contribution in [0.25, 0.3) is 0 Å². The Hall–Kier alpha value is -3.64. The molecular formula is C22H18ClN5O. The predicted molar refractivity (Wildman–Crippen MR) is 118 cm³/mol. The summed E-state index contributed by atoms with van der Waals surface area (Å²) in [5, 5.41) is 17.7. The number of halogens is 1. The van der Waals surface area contributed by atoms with Crippen molar-refractivity contribution >= 4 is 40.3 Å². The second-order valence-electron chi connectivity index (χ2n) is 6.26. The van der Waals surface area contributed by atoms with E-state index in [4.69, 9.17) is 21.7 Å². The Labute approximate surface area is 173 Å². The Morgan fingerprint density at radius 1 is 0.759 bits per heavy atom. The van der Waals surface area contributed by atoms with Gasteiger partial charge >= 0.3 is 0 Å². The molecule has 1 aliphatic heterocycles. The maximum Gasteiger partial charge on any atom is 0.237 e. The molecule has 0 unspecified atom stereocenters. The van der Waals surface area contributed by atoms with E-state index in [0.29, 0.717) is 16.4 Å². The Kier molecular flexibility index (Phi) is 5.54. The first-order valence-electron chi connectivity index (χ1n) is 9.00. The average Bonchev–Trinajstić information content (AvgIpc) is 3.07. The van der Waals surface area contributed by atoms with Gasteiger partial charge in [0.05, 0.1) is 11.4 Å². The molecule has 3 N–H and O–H groups in total. The molecule has 0 amide bonds. The summed E-state index contributed by atoms with van der Waals surface area (Å²) in [7, 11) is 0. The van der Waals surface area contributed by atoms with Crippen molar-refractivity contribution in [1.29, 1.82) is 5.41 Å². The number of hydrazone groups is 2. The smallest absolute Gasteiger partial charge is 0.237 e. The van der Waals surface area contributed by atoms with Gasteiger partial charge in [-0.05, 0) is 30.3 Å². The molecule has 0 spiro atoms. The molecule has 4 rings (SSSR count). The van der Waals surface area contributed by atoms with Crippen LogP contribution in [0.3, 0.4) is 0 Å². The molecule has 3 aromatic rings.